The Morgan fingerprint density at radius 3 is 1.97 bits per heavy atom. The van der Waals surface area contributed by atoms with Gasteiger partial charge in [-0.3, -0.25) is 4.79 Å². The zero-order chi connectivity index (χ0) is 20.8. The standard InChI is InChI=1S/C23H30N2O4/c1-24(2)11-5-13-27-17-8-10-21-20(15-17)23(26)19-9-7-18(16-22(19)29-21)28-14-6-12-25(3)4/h7-10,15-16H,5-6,11-14H2,1-4H3. The van der Waals surface area contributed by atoms with Crippen LogP contribution in [-0.4, -0.2) is 64.3 Å². The van der Waals surface area contributed by atoms with Crippen LogP contribution in [0.4, 0.5) is 0 Å². The van der Waals surface area contributed by atoms with Crippen LogP contribution in [0.3, 0.4) is 0 Å². The molecule has 0 saturated carbocycles. The van der Waals surface area contributed by atoms with Gasteiger partial charge in [-0.1, -0.05) is 0 Å². The third-order valence-corrected chi connectivity index (χ3v) is 4.65. The van der Waals surface area contributed by atoms with Gasteiger partial charge in [0.2, 0.25) is 5.43 Å². The van der Waals surface area contributed by atoms with Crippen LogP contribution < -0.4 is 14.9 Å². The molecule has 0 amide bonds. The van der Waals surface area contributed by atoms with Crippen LogP contribution in [0.15, 0.2) is 45.6 Å². The number of fused-ring (bicyclic) bond motifs is 2. The van der Waals surface area contributed by atoms with Crippen molar-refractivity contribution in [2.75, 3.05) is 54.5 Å². The molecule has 0 aliphatic rings. The van der Waals surface area contributed by atoms with Gasteiger partial charge in [0.25, 0.3) is 0 Å². The first-order valence-electron chi connectivity index (χ1n) is 10.00. The van der Waals surface area contributed by atoms with E-state index in [0.717, 1.165) is 25.9 Å². The van der Waals surface area contributed by atoms with Gasteiger partial charge < -0.3 is 23.7 Å². The predicted molar refractivity (Wildman–Crippen MR) is 117 cm³/mol. The number of hydrogen-bond acceptors (Lipinski definition) is 6. The second kappa shape index (κ2) is 9.76. The molecule has 0 N–H and O–H groups in total. The lowest BCUT2D eigenvalue weighted by Gasteiger charge is -2.11. The molecule has 3 rings (SSSR count). The summed E-state index contributed by atoms with van der Waals surface area (Å²) in [5, 5.41) is 1.07. The van der Waals surface area contributed by atoms with Gasteiger partial charge in [0.15, 0.2) is 0 Å². The fourth-order valence-corrected chi connectivity index (χ4v) is 3.13. The van der Waals surface area contributed by atoms with Crippen molar-refractivity contribution in [3.63, 3.8) is 0 Å². The summed E-state index contributed by atoms with van der Waals surface area (Å²) in [4.78, 5) is 17.2. The minimum Gasteiger partial charge on any atom is -0.494 e. The van der Waals surface area contributed by atoms with E-state index in [1.165, 1.54) is 0 Å². The maximum absolute atomic E-state index is 12.9. The van der Waals surface area contributed by atoms with E-state index in [4.69, 9.17) is 13.9 Å². The van der Waals surface area contributed by atoms with Gasteiger partial charge in [0, 0.05) is 19.2 Å². The SMILES string of the molecule is CN(C)CCCOc1ccc2c(=O)c3cc(OCCCN(C)C)ccc3oc2c1. The number of benzene rings is 2. The van der Waals surface area contributed by atoms with Crippen molar-refractivity contribution in [3.8, 4) is 11.5 Å². The molecule has 0 radical (unpaired) electrons. The predicted octanol–water partition coefficient (Wildman–Crippen LogP) is 3.61. The Balaban J connectivity index is 1.77. The first-order chi connectivity index (χ1) is 13.9. The number of hydrogen-bond donors (Lipinski definition) is 0. The third-order valence-electron chi connectivity index (χ3n) is 4.65. The Hall–Kier alpha value is -2.57. The van der Waals surface area contributed by atoms with Crippen molar-refractivity contribution in [2.45, 2.75) is 12.8 Å². The van der Waals surface area contributed by atoms with Gasteiger partial charge in [0.1, 0.15) is 22.7 Å². The zero-order valence-electron chi connectivity index (χ0n) is 17.7. The minimum atomic E-state index is -0.0563. The van der Waals surface area contributed by atoms with Gasteiger partial charge >= 0.3 is 0 Å². The maximum Gasteiger partial charge on any atom is 0.200 e. The molecule has 0 spiro atoms. The Kier molecular flexibility index (Phi) is 7.12. The summed E-state index contributed by atoms with van der Waals surface area (Å²) >= 11 is 0. The summed E-state index contributed by atoms with van der Waals surface area (Å²) in [6.45, 7) is 3.15. The minimum absolute atomic E-state index is 0.0563. The van der Waals surface area contributed by atoms with E-state index >= 15 is 0 Å². The lowest BCUT2D eigenvalue weighted by Crippen LogP contribution is -2.15. The number of nitrogens with zero attached hydrogens (tertiary/aromatic N) is 2. The van der Waals surface area contributed by atoms with Crippen molar-refractivity contribution in [1.29, 1.82) is 0 Å². The van der Waals surface area contributed by atoms with Crippen LogP contribution in [0.1, 0.15) is 12.8 Å². The zero-order valence-corrected chi connectivity index (χ0v) is 17.7. The molecular weight excluding hydrogens is 368 g/mol. The average molecular weight is 399 g/mol. The molecule has 0 unspecified atom stereocenters. The summed E-state index contributed by atoms with van der Waals surface area (Å²) in [7, 11) is 8.14. The first kappa shape index (κ1) is 21.1. The molecule has 1 aromatic heterocycles. The van der Waals surface area contributed by atoms with Crippen molar-refractivity contribution >= 4 is 21.9 Å². The Bertz CT molecular complexity index is 1010. The smallest absolute Gasteiger partial charge is 0.200 e. The Morgan fingerprint density at radius 1 is 0.759 bits per heavy atom. The van der Waals surface area contributed by atoms with E-state index in [2.05, 4.69) is 9.80 Å². The second-order valence-electron chi connectivity index (χ2n) is 7.76. The van der Waals surface area contributed by atoms with Crippen molar-refractivity contribution in [2.24, 2.45) is 0 Å². The van der Waals surface area contributed by atoms with Crippen LogP contribution in [0, 0.1) is 0 Å². The van der Waals surface area contributed by atoms with E-state index in [-0.39, 0.29) is 5.43 Å². The number of ether oxygens (including phenoxy) is 2. The molecule has 6 nitrogen and oxygen atoms in total. The van der Waals surface area contributed by atoms with Gasteiger partial charge in [-0.2, -0.15) is 0 Å². The van der Waals surface area contributed by atoms with Crippen LogP contribution in [0.2, 0.25) is 0 Å². The van der Waals surface area contributed by atoms with Crippen LogP contribution in [-0.2, 0) is 0 Å². The maximum atomic E-state index is 12.9. The van der Waals surface area contributed by atoms with Gasteiger partial charge in [-0.05, 0) is 71.4 Å². The largest absolute Gasteiger partial charge is 0.494 e. The van der Waals surface area contributed by atoms with E-state index < -0.39 is 0 Å². The van der Waals surface area contributed by atoms with E-state index in [0.29, 0.717) is 46.7 Å². The quantitative estimate of drug-likeness (QED) is 0.384. The summed E-state index contributed by atoms with van der Waals surface area (Å²) in [6, 6.07) is 10.8. The summed E-state index contributed by atoms with van der Waals surface area (Å²) in [5.74, 6) is 1.39. The summed E-state index contributed by atoms with van der Waals surface area (Å²) in [6.07, 6.45) is 1.86. The van der Waals surface area contributed by atoms with Crippen LogP contribution in [0.25, 0.3) is 21.9 Å². The fourth-order valence-electron chi connectivity index (χ4n) is 3.13. The molecule has 0 bridgehead atoms. The lowest BCUT2D eigenvalue weighted by molar-refractivity contribution is 0.281. The highest BCUT2D eigenvalue weighted by atomic mass is 16.5. The highest BCUT2D eigenvalue weighted by molar-refractivity contribution is 5.90. The molecule has 6 heteroatoms. The molecule has 0 saturated heterocycles. The van der Waals surface area contributed by atoms with Crippen molar-refractivity contribution < 1.29 is 13.9 Å². The average Bonchev–Trinajstić information content (AvgIpc) is 2.68. The topological polar surface area (TPSA) is 55.1 Å². The molecule has 3 aromatic rings. The Labute approximate surface area is 171 Å². The fraction of sp³-hybridized carbons (Fsp3) is 0.435. The normalized spacial score (nSPS) is 11.7. The summed E-state index contributed by atoms with van der Waals surface area (Å²) in [5.41, 5.74) is 1.03. The second-order valence-corrected chi connectivity index (χ2v) is 7.76. The Morgan fingerprint density at radius 2 is 1.34 bits per heavy atom. The van der Waals surface area contributed by atoms with E-state index in [9.17, 15) is 4.79 Å². The molecule has 29 heavy (non-hydrogen) atoms. The molecule has 156 valence electrons. The monoisotopic (exact) mass is 398 g/mol. The molecule has 0 aliphatic carbocycles. The van der Waals surface area contributed by atoms with Crippen LogP contribution in [0.5, 0.6) is 11.5 Å². The van der Waals surface area contributed by atoms with Gasteiger partial charge in [-0.15, -0.1) is 0 Å². The van der Waals surface area contributed by atoms with E-state index in [1.54, 1.807) is 24.3 Å². The van der Waals surface area contributed by atoms with Gasteiger partial charge in [-0.25, -0.2) is 0 Å². The van der Waals surface area contributed by atoms with E-state index in [1.807, 2.05) is 40.3 Å². The molecule has 0 aliphatic heterocycles. The van der Waals surface area contributed by atoms with Crippen molar-refractivity contribution in [3.05, 3.63) is 46.6 Å². The third kappa shape index (κ3) is 5.71. The van der Waals surface area contributed by atoms with Crippen molar-refractivity contribution in [1.82, 2.24) is 9.80 Å². The summed E-state index contributed by atoms with van der Waals surface area (Å²) < 4.78 is 17.6. The molecule has 1 heterocycles. The molecule has 2 aromatic carbocycles. The van der Waals surface area contributed by atoms with Gasteiger partial charge in [0.05, 0.1) is 24.0 Å². The highest BCUT2D eigenvalue weighted by Crippen LogP contribution is 2.25. The van der Waals surface area contributed by atoms with Crippen LogP contribution >= 0.6 is 0 Å². The molecule has 0 atom stereocenters. The first-order valence-corrected chi connectivity index (χ1v) is 10.00. The highest BCUT2D eigenvalue weighted by Gasteiger charge is 2.10. The molecular formula is C23H30N2O4. The lowest BCUT2D eigenvalue weighted by atomic mass is 10.1. The molecule has 0 fully saturated rings. The number of rotatable bonds is 10.